The van der Waals surface area contributed by atoms with E-state index in [0.717, 1.165) is 11.4 Å². The summed E-state index contributed by atoms with van der Waals surface area (Å²) in [5, 5.41) is 6.89. The topological polar surface area (TPSA) is 72.9 Å². The molecular formula is C15H20ClFN4O. The van der Waals surface area contributed by atoms with Crippen LogP contribution in [0.3, 0.4) is 0 Å². The number of nitrogens with two attached hydrogens (primary N) is 1. The Balaban J connectivity index is 0.00000242. The highest BCUT2D eigenvalue weighted by Gasteiger charge is 2.13. The minimum Gasteiger partial charge on any atom is -0.330 e. The minimum absolute atomic E-state index is 0. The molecule has 0 spiro atoms. The molecule has 7 heteroatoms. The van der Waals surface area contributed by atoms with Crippen molar-refractivity contribution in [3.05, 3.63) is 41.5 Å². The molecule has 0 saturated heterocycles. The van der Waals surface area contributed by atoms with Gasteiger partial charge in [-0.15, -0.1) is 12.4 Å². The van der Waals surface area contributed by atoms with Gasteiger partial charge >= 0.3 is 0 Å². The Morgan fingerprint density at radius 1 is 1.41 bits per heavy atom. The summed E-state index contributed by atoms with van der Waals surface area (Å²) in [4.78, 5) is 11.7. The second-order valence-electron chi connectivity index (χ2n) is 5.13. The number of hydrogen-bond donors (Lipinski definition) is 2. The lowest BCUT2D eigenvalue weighted by molar-refractivity contribution is -0.119. The highest BCUT2D eigenvalue weighted by molar-refractivity contribution is 5.92. The maximum atomic E-state index is 14.2. The minimum atomic E-state index is -0.445. The molecule has 0 saturated carbocycles. The molecule has 3 N–H and O–H groups in total. The molecule has 120 valence electrons. The Kier molecular flexibility index (Phi) is 6.08. The smallest absolute Gasteiger partial charge is 0.228 e. The second-order valence-corrected chi connectivity index (χ2v) is 5.13. The van der Waals surface area contributed by atoms with Crippen molar-refractivity contribution < 1.29 is 9.18 Å². The first kappa shape index (κ1) is 18.1. The van der Waals surface area contributed by atoms with Gasteiger partial charge in [-0.05, 0) is 38.1 Å². The number of carbonyl (C=O) groups excluding carboxylic acids is 1. The Bertz CT molecular complexity index is 672. The van der Waals surface area contributed by atoms with Gasteiger partial charge in [-0.2, -0.15) is 5.10 Å². The van der Waals surface area contributed by atoms with Gasteiger partial charge < -0.3 is 11.1 Å². The van der Waals surface area contributed by atoms with Crippen LogP contribution in [0.5, 0.6) is 0 Å². The van der Waals surface area contributed by atoms with Crippen molar-refractivity contribution in [1.29, 1.82) is 0 Å². The van der Waals surface area contributed by atoms with E-state index < -0.39 is 5.82 Å². The monoisotopic (exact) mass is 326 g/mol. The van der Waals surface area contributed by atoms with Crippen molar-refractivity contribution in [3.63, 3.8) is 0 Å². The number of aromatic nitrogens is 2. The van der Waals surface area contributed by atoms with Crippen LogP contribution < -0.4 is 11.1 Å². The summed E-state index contributed by atoms with van der Waals surface area (Å²) in [5.41, 5.74) is 7.85. The van der Waals surface area contributed by atoms with Crippen molar-refractivity contribution in [3.8, 4) is 5.69 Å². The summed E-state index contributed by atoms with van der Waals surface area (Å²) in [5.74, 6) is -0.987. The van der Waals surface area contributed by atoms with Crippen LogP contribution in [0.25, 0.3) is 5.69 Å². The van der Waals surface area contributed by atoms with Crippen molar-refractivity contribution >= 4 is 24.0 Å². The van der Waals surface area contributed by atoms with Crippen molar-refractivity contribution in [1.82, 2.24) is 9.78 Å². The molecule has 2 rings (SSSR count). The first-order valence-electron chi connectivity index (χ1n) is 6.76. The number of aryl methyl sites for hydroxylation is 2. The van der Waals surface area contributed by atoms with Gasteiger partial charge in [0.25, 0.3) is 0 Å². The predicted molar refractivity (Wildman–Crippen MR) is 87.1 cm³/mol. The molecule has 1 aromatic heterocycles. The lowest BCUT2D eigenvalue weighted by Crippen LogP contribution is -2.26. The van der Waals surface area contributed by atoms with Gasteiger partial charge in [0.15, 0.2) is 5.82 Å². The van der Waals surface area contributed by atoms with E-state index in [0.29, 0.717) is 11.4 Å². The standard InChI is InChI=1S/C15H19FN4O.ClH/c1-9(8-17)15(21)18-12-4-5-14(13(16)7-12)20-11(3)6-10(2)19-20;/h4-7,9H,8,17H2,1-3H3,(H,18,21);1H. The van der Waals surface area contributed by atoms with E-state index in [1.54, 1.807) is 23.7 Å². The Labute approximate surface area is 135 Å². The highest BCUT2D eigenvalue weighted by atomic mass is 35.5. The van der Waals surface area contributed by atoms with Crippen molar-refractivity contribution in [2.45, 2.75) is 20.8 Å². The summed E-state index contributed by atoms with van der Waals surface area (Å²) in [6.07, 6.45) is 0. The number of hydrogen-bond acceptors (Lipinski definition) is 3. The number of amides is 1. The van der Waals surface area contributed by atoms with Crippen LogP contribution in [0, 0.1) is 25.6 Å². The van der Waals surface area contributed by atoms with E-state index in [2.05, 4.69) is 10.4 Å². The molecule has 1 heterocycles. The third-order valence-corrected chi connectivity index (χ3v) is 3.25. The molecule has 0 bridgehead atoms. The number of rotatable bonds is 4. The summed E-state index contributed by atoms with van der Waals surface area (Å²) < 4.78 is 15.8. The van der Waals surface area contributed by atoms with Crippen LogP contribution >= 0.6 is 12.4 Å². The van der Waals surface area contributed by atoms with E-state index in [1.807, 2.05) is 19.9 Å². The Hall–Kier alpha value is -1.92. The molecule has 1 amide bonds. The molecule has 1 unspecified atom stereocenters. The largest absolute Gasteiger partial charge is 0.330 e. The zero-order valence-corrected chi connectivity index (χ0v) is 13.6. The molecule has 5 nitrogen and oxygen atoms in total. The summed E-state index contributed by atoms with van der Waals surface area (Å²) >= 11 is 0. The van der Waals surface area contributed by atoms with E-state index in [-0.39, 0.29) is 30.8 Å². The quantitative estimate of drug-likeness (QED) is 0.907. The maximum absolute atomic E-state index is 14.2. The van der Waals surface area contributed by atoms with Gasteiger partial charge in [0, 0.05) is 23.8 Å². The maximum Gasteiger partial charge on any atom is 0.228 e. The summed E-state index contributed by atoms with van der Waals surface area (Å²) in [7, 11) is 0. The average Bonchev–Trinajstić information content (AvgIpc) is 2.76. The van der Waals surface area contributed by atoms with Gasteiger partial charge in [0.1, 0.15) is 5.69 Å². The zero-order valence-electron chi connectivity index (χ0n) is 12.8. The van der Waals surface area contributed by atoms with E-state index in [9.17, 15) is 9.18 Å². The van der Waals surface area contributed by atoms with E-state index in [4.69, 9.17) is 5.73 Å². The summed E-state index contributed by atoms with van der Waals surface area (Å²) in [6.45, 7) is 5.68. The van der Waals surface area contributed by atoms with Gasteiger partial charge in [-0.1, -0.05) is 6.92 Å². The molecule has 0 aliphatic heterocycles. The number of nitrogens with one attached hydrogen (secondary N) is 1. The number of halogens is 2. The van der Waals surface area contributed by atoms with Crippen molar-refractivity contribution in [2.75, 3.05) is 11.9 Å². The number of benzene rings is 1. The fraction of sp³-hybridized carbons (Fsp3) is 0.333. The lowest BCUT2D eigenvalue weighted by atomic mass is 10.1. The Morgan fingerprint density at radius 2 is 2.09 bits per heavy atom. The van der Waals surface area contributed by atoms with Crippen molar-refractivity contribution in [2.24, 2.45) is 11.7 Å². The predicted octanol–water partition coefficient (Wildman–Crippen LogP) is 2.58. The van der Waals surface area contributed by atoms with Crippen LogP contribution in [-0.2, 0) is 4.79 Å². The van der Waals surface area contributed by atoms with Gasteiger partial charge in [-0.25, -0.2) is 9.07 Å². The lowest BCUT2D eigenvalue weighted by Gasteiger charge is -2.11. The van der Waals surface area contributed by atoms with Crippen LogP contribution in [0.1, 0.15) is 18.3 Å². The van der Waals surface area contributed by atoms with Gasteiger partial charge in [0.2, 0.25) is 5.91 Å². The fourth-order valence-corrected chi connectivity index (χ4v) is 2.00. The van der Waals surface area contributed by atoms with Crippen LogP contribution in [0.4, 0.5) is 10.1 Å². The third-order valence-electron chi connectivity index (χ3n) is 3.25. The SMILES string of the molecule is Cc1cc(C)n(-c2ccc(NC(=O)C(C)CN)cc2F)n1.Cl. The van der Waals surface area contributed by atoms with Crippen LogP contribution in [0.15, 0.2) is 24.3 Å². The van der Waals surface area contributed by atoms with Gasteiger partial charge in [0.05, 0.1) is 5.69 Å². The second kappa shape index (κ2) is 7.38. The molecule has 0 aliphatic carbocycles. The molecule has 22 heavy (non-hydrogen) atoms. The molecule has 0 radical (unpaired) electrons. The number of anilines is 1. The molecule has 0 fully saturated rings. The highest BCUT2D eigenvalue weighted by Crippen LogP contribution is 2.20. The van der Waals surface area contributed by atoms with Gasteiger partial charge in [-0.3, -0.25) is 4.79 Å². The Morgan fingerprint density at radius 3 is 2.59 bits per heavy atom. The van der Waals surface area contributed by atoms with Crippen LogP contribution in [0.2, 0.25) is 0 Å². The fourth-order valence-electron chi connectivity index (χ4n) is 2.00. The molecular weight excluding hydrogens is 307 g/mol. The zero-order chi connectivity index (χ0) is 15.6. The first-order chi connectivity index (χ1) is 9.92. The summed E-state index contributed by atoms with van der Waals surface area (Å²) in [6, 6.07) is 6.40. The van der Waals surface area contributed by atoms with Crippen LogP contribution in [-0.4, -0.2) is 22.2 Å². The number of nitrogens with zero attached hydrogens (tertiary/aromatic N) is 2. The third kappa shape index (κ3) is 3.84. The normalized spacial score (nSPS) is 11.7. The van der Waals surface area contributed by atoms with E-state index >= 15 is 0 Å². The molecule has 2 aromatic rings. The molecule has 0 aliphatic rings. The first-order valence-corrected chi connectivity index (χ1v) is 6.76. The molecule has 1 aromatic carbocycles. The average molecular weight is 327 g/mol. The number of carbonyl (C=O) groups is 1. The van der Waals surface area contributed by atoms with E-state index in [1.165, 1.54) is 6.07 Å². The molecule has 1 atom stereocenters.